The molecule has 0 unspecified atom stereocenters. The van der Waals surface area contributed by atoms with Crippen LogP contribution in [0.25, 0.3) is 0 Å². The number of hydrogen-bond donors (Lipinski definition) is 2. The minimum atomic E-state index is 0.414. The summed E-state index contributed by atoms with van der Waals surface area (Å²) in [7, 11) is 0. The molecule has 0 atom stereocenters. The molecule has 0 spiro atoms. The van der Waals surface area contributed by atoms with Crippen molar-refractivity contribution < 1.29 is 5.21 Å². The summed E-state index contributed by atoms with van der Waals surface area (Å²) in [5.74, 6) is 0. The summed E-state index contributed by atoms with van der Waals surface area (Å²) in [5, 5.41) is 9.35. The van der Waals surface area contributed by atoms with Gasteiger partial charge in [0, 0.05) is 16.0 Å². The van der Waals surface area contributed by atoms with Gasteiger partial charge in [0.2, 0.25) is 0 Å². The highest BCUT2D eigenvalue weighted by atomic mass is 79.9. The molecule has 13 heavy (non-hydrogen) atoms. The molecular weight excluding hydrogens is 253 g/mol. The molecule has 0 saturated carbocycles. The van der Waals surface area contributed by atoms with E-state index in [1.165, 1.54) is 0 Å². The summed E-state index contributed by atoms with van der Waals surface area (Å²) in [6.45, 7) is 4.34. The lowest BCUT2D eigenvalue weighted by Gasteiger charge is -2.12. The largest absolute Gasteiger partial charge is 0.316 e. The van der Waals surface area contributed by atoms with E-state index in [-0.39, 0.29) is 0 Å². The zero-order chi connectivity index (χ0) is 10.0. The van der Waals surface area contributed by atoms with Gasteiger partial charge in [-0.2, -0.15) is 0 Å². The maximum atomic E-state index is 8.64. The predicted octanol–water partition coefficient (Wildman–Crippen LogP) is 3.20. The number of nitrogens with one attached hydrogen (secondary N) is 1. The lowest BCUT2D eigenvalue weighted by Crippen LogP contribution is -2.09. The van der Waals surface area contributed by atoms with Crippen molar-refractivity contribution in [1.82, 2.24) is 5.48 Å². The van der Waals surface area contributed by atoms with Crippen LogP contribution in [-0.4, -0.2) is 5.21 Å². The summed E-state index contributed by atoms with van der Waals surface area (Å²) in [6, 6.07) is 1.87. The number of hydroxylamine groups is 1. The molecule has 2 N–H and O–H groups in total. The Morgan fingerprint density at radius 1 is 1.46 bits per heavy atom. The van der Waals surface area contributed by atoms with Crippen LogP contribution in [0.2, 0.25) is 5.02 Å². The quantitative estimate of drug-likeness (QED) is 0.804. The van der Waals surface area contributed by atoms with Gasteiger partial charge in [0.15, 0.2) is 0 Å². The molecule has 1 rings (SSSR count). The van der Waals surface area contributed by atoms with Gasteiger partial charge in [0.25, 0.3) is 0 Å². The third kappa shape index (κ3) is 2.23. The van der Waals surface area contributed by atoms with Crippen LogP contribution in [0, 0.1) is 13.8 Å². The Morgan fingerprint density at radius 3 is 2.62 bits per heavy atom. The zero-order valence-electron chi connectivity index (χ0n) is 7.49. The van der Waals surface area contributed by atoms with Gasteiger partial charge in [-0.25, -0.2) is 5.48 Å². The lowest BCUT2D eigenvalue weighted by atomic mass is 10.0. The number of rotatable bonds is 2. The van der Waals surface area contributed by atoms with Crippen LogP contribution in [0.5, 0.6) is 0 Å². The molecule has 72 valence electrons. The maximum Gasteiger partial charge on any atom is 0.0464 e. The summed E-state index contributed by atoms with van der Waals surface area (Å²) in [4.78, 5) is 0. The summed E-state index contributed by atoms with van der Waals surface area (Å²) < 4.78 is 0.966. The molecule has 0 aliphatic rings. The van der Waals surface area contributed by atoms with Crippen LogP contribution in [0.15, 0.2) is 10.5 Å². The molecular formula is C9H11BrClNO. The van der Waals surface area contributed by atoms with Gasteiger partial charge in [-0.1, -0.05) is 27.5 Å². The fourth-order valence-electron chi connectivity index (χ4n) is 1.24. The molecule has 0 saturated heterocycles. The lowest BCUT2D eigenvalue weighted by molar-refractivity contribution is 0.161. The van der Waals surface area contributed by atoms with E-state index in [0.29, 0.717) is 11.6 Å². The average Bonchev–Trinajstić information content (AvgIpc) is 2.09. The molecule has 0 heterocycles. The summed E-state index contributed by atoms with van der Waals surface area (Å²) in [5.41, 5.74) is 5.27. The second kappa shape index (κ2) is 4.42. The number of benzene rings is 1. The maximum absolute atomic E-state index is 8.64. The monoisotopic (exact) mass is 263 g/mol. The Bertz CT molecular complexity index is 302. The highest BCUT2D eigenvalue weighted by molar-refractivity contribution is 9.10. The Labute approximate surface area is 91.0 Å². The van der Waals surface area contributed by atoms with Gasteiger partial charge in [-0.3, -0.25) is 0 Å². The molecule has 0 aliphatic heterocycles. The Kier molecular flexibility index (Phi) is 3.74. The molecule has 1 aromatic rings. The molecule has 0 aromatic heterocycles. The van der Waals surface area contributed by atoms with Gasteiger partial charge in [-0.15, -0.1) is 0 Å². The Balaban J connectivity index is 3.28. The van der Waals surface area contributed by atoms with Crippen molar-refractivity contribution in [2.24, 2.45) is 0 Å². The van der Waals surface area contributed by atoms with E-state index in [1.54, 1.807) is 0 Å². The van der Waals surface area contributed by atoms with Crippen LogP contribution >= 0.6 is 27.5 Å². The first-order chi connectivity index (χ1) is 6.07. The van der Waals surface area contributed by atoms with Gasteiger partial charge in [0.1, 0.15) is 0 Å². The standard InChI is InChI=1S/C9H11BrClNO/c1-5-7(4-12-13)6(2)9(11)3-8(5)10/h3,12-13H,4H2,1-2H3. The molecule has 0 fully saturated rings. The molecule has 0 amide bonds. The first-order valence-electron chi connectivity index (χ1n) is 3.89. The first kappa shape index (κ1) is 11.0. The normalized spacial score (nSPS) is 10.5. The van der Waals surface area contributed by atoms with Crippen molar-refractivity contribution in [1.29, 1.82) is 0 Å². The van der Waals surface area contributed by atoms with Crippen LogP contribution in [0.3, 0.4) is 0 Å². The van der Waals surface area contributed by atoms with E-state index in [4.69, 9.17) is 16.8 Å². The van der Waals surface area contributed by atoms with E-state index in [2.05, 4.69) is 21.4 Å². The van der Waals surface area contributed by atoms with Gasteiger partial charge in [-0.05, 0) is 36.6 Å². The van der Waals surface area contributed by atoms with E-state index in [0.717, 1.165) is 21.2 Å². The van der Waals surface area contributed by atoms with Crippen molar-refractivity contribution in [2.45, 2.75) is 20.4 Å². The average molecular weight is 265 g/mol. The summed E-state index contributed by atoms with van der Waals surface area (Å²) in [6.07, 6.45) is 0. The molecule has 4 heteroatoms. The highest BCUT2D eigenvalue weighted by Crippen LogP contribution is 2.29. The van der Waals surface area contributed by atoms with Crippen molar-refractivity contribution in [3.05, 3.63) is 32.3 Å². The molecule has 0 radical (unpaired) electrons. The van der Waals surface area contributed by atoms with Crippen LogP contribution in [0.1, 0.15) is 16.7 Å². The highest BCUT2D eigenvalue weighted by Gasteiger charge is 2.09. The van der Waals surface area contributed by atoms with E-state index in [1.807, 2.05) is 19.9 Å². The number of halogens is 2. The predicted molar refractivity (Wildman–Crippen MR) is 57.3 cm³/mol. The second-order valence-corrected chi connectivity index (χ2v) is 4.17. The van der Waals surface area contributed by atoms with Gasteiger partial charge < -0.3 is 5.21 Å². The van der Waals surface area contributed by atoms with Crippen molar-refractivity contribution in [3.8, 4) is 0 Å². The first-order valence-corrected chi connectivity index (χ1v) is 5.06. The van der Waals surface area contributed by atoms with E-state index < -0.39 is 0 Å². The van der Waals surface area contributed by atoms with Crippen molar-refractivity contribution >= 4 is 27.5 Å². The topological polar surface area (TPSA) is 32.3 Å². The van der Waals surface area contributed by atoms with Crippen LogP contribution in [0.4, 0.5) is 0 Å². The number of hydrogen-bond acceptors (Lipinski definition) is 2. The van der Waals surface area contributed by atoms with E-state index >= 15 is 0 Å². The molecule has 1 aromatic carbocycles. The minimum absolute atomic E-state index is 0.414. The fraction of sp³-hybridized carbons (Fsp3) is 0.333. The van der Waals surface area contributed by atoms with Gasteiger partial charge >= 0.3 is 0 Å². The van der Waals surface area contributed by atoms with E-state index in [9.17, 15) is 0 Å². The van der Waals surface area contributed by atoms with Crippen LogP contribution in [-0.2, 0) is 6.54 Å². The third-order valence-electron chi connectivity index (χ3n) is 2.13. The second-order valence-electron chi connectivity index (χ2n) is 2.90. The third-order valence-corrected chi connectivity index (χ3v) is 3.35. The van der Waals surface area contributed by atoms with Gasteiger partial charge in [0.05, 0.1) is 0 Å². The molecule has 2 nitrogen and oxygen atoms in total. The smallest absolute Gasteiger partial charge is 0.0464 e. The van der Waals surface area contributed by atoms with Crippen molar-refractivity contribution in [3.63, 3.8) is 0 Å². The fourth-order valence-corrected chi connectivity index (χ4v) is 2.06. The molecule has 0 aliphatic carbocycles. The summed E-state index contributed by atoms with van der Waals surface area (Å²) >= 11 is 9.39. The SMILES string of the molecule is Cc1c(Cl)cc(Br)c(C)c1CNO. The molecule has 0 bridgehead atoms. The Hall–Kier alpha value is -0.0900. The Morgan fingerprint density at radius 2 is 2.08 bits per heavy atom. The zero-order valence-corrected chi connectivity index (χ0v) is 9.83. The minimum Gasteiger partial charge on any atom is -0.316 e. The van der Waals surface area contributed by atoms with Crippen LogP contribution < -0.4 is 5.48 Å². The van der Waals surface area contributed by atoms with Crippen molar-refractivity contribution in [2.75, 3.05) is 0 Å².